The second-order valence-corrected chi connectivity index (χ2v) is 7.01. The predicted octanol–water partition coefficient (Wildman–Crippen LogP) is 2.14. The number of phosphoric ester groups is 1. The van der Waals surface area contributed by atoms with Crippen molar-refractivity contribution in [3.63, 3.8) is 0 Å². The third kappa shape index (κ3) is 21.7. The molecule has 0 bridgehead atoms. The first-order valence-electron chi connectivity index (χ1n) is 8.89. The van der Waals surface area contributed by atoms with E-state index in [0.29, 0.717) is 6.61 Å². The van der Waals surface area contributed by atoms with E-state index in [4.69, 9.17) is 9.41 Å². The SMILES string of the molecule is CCCCCCCCOOP(=O)([O-])OCCCCCCCC.[K+]. The van der Waals surface area contributed by atoms with Gasteiger partial charge in [-0.15, -0.1) is 0 Å². The molecule has 0 N–H and O–H groups in total. The van der Waals surface area contributed by atoms with Crippen LogP contribution < -0.4 is 56.3 Å². The maximum absolute atomic E-state index is 11.4. The summed E-state index contributed by atoms with van der Waals surface area (Å²) in [6, 6.07) is 0. The van der Waals surface area contributed by atoms with Gasteiger partial charge < -0.3 is 9.42 Å². The summed E-state index contributed by atoms with van der Waals surface area (Å²) in [6.07, 6.45) is 13.2. The minimum Gasteiger partial charge on any atom is -0.754 e. The molecule has 0 aliphatic heterocycles. The zero-order valence-corrected chi connectivity index (χ0v) is 19.4. The maximum Gasteiger partial charge on any atom is 1.00 e. The van der Waals surface area contributed by atoms with Crippen molar-refractivity contribution < 1.29 is 74.9 Å². The fourth-order valence-corrected chi connectivity index (χ4v) is 2.72. The topological polar surface area (TPSA) is 67.8 Å². The summed E-state index contributed by atoms with van der Waals surface area (Å²) in [5.41, 5.74) is 0. The van der Waals surface area contributed by atoms with Crippen molar-refractivity contribution in [2.45, 2.75) is 90.9 Å². The van der Waals surface area contributed by atoms with E-state index in [9.17, 15) is 9.46 Å². The summed E-state index contributed by atoms with van der Waals surface area (Å²) in [7, 11) is -4.29. The number of rotatable bonds is 17. The van der Waals surface area contributed by atoms with Crippen molar-refractivity contribution >= 4 is 7.82 Å². The molecular formula is C16H34KO5P. The van der Waals surface area contributed by atoms with Gasteiger partial charge in [-0.1, -0.05) is 78.1 Å². The van der Waals surface area contributed by atoms with Gasteiger partial charge in [-0.05, 0) is 12.8 Å². The molecule has 7 heteroatoms. The van der Waals surface area contributed by atoms with Crippen LogP contribution in [0.5, 0.6) is 0 Å². The van der Waals surface area contributed by atoms with Crippen LogP contribution in [0.15, 0.2) is 0 Å². The van der Waals surface area contributed by atoms with Gasteiger partial charge >= 0.3 is 51.4 Å². The molecule has 1 atom stereocenters. The largest absolute Gasteiger partial charge is 1.00 e. The Bertz CT molecular complexity index is 279. The van der Waals surface area contributed by atoms with Crippen LogP contribution in [-0.4, -0.2) is 13.2 Å². The molecule has 0 saturated heterocycles. The smallest absolute Gasteiger partial charge is 0.754 e. The number of hydrogen-bond donors (Lipinski definition) is 0. The van der Waals surface area contributed by atoms with E-state index >= 15 is 0 Å². The average molecular weight is 377 g/mol. The molecule has 134 valence electrons. The van der Waals surface area contributed by atoms with E-state index in [1.807, 2.05) is 0 Å². The van der Waals surface area contributed by atoms with Gasteiger partial charge in [0.05, 0.1) is 13.2 Å². The summed E-state index contributed by atoms with van der Waals surface area (Å²) in [5.74, 6) is 0. The van der Waals surface area contributed by atoms with Crippen LogP contribution in [0.25, 0.3) is 0 Å². The van der Waals surface area contributed by atoms with Gasteiger partial charge in [0.2, 0.25) is 0 Å². The molecule has 1 unspecified atom stereocenters. The zero-order valence-electron chi connectivity index (χ0n) is 15.4. The van der Waals surface area contributed by atoms with E-state index in [1.165, 1.54) is 38.5 Å². The Hall–Kier alpha value is 1.71. The van der Waals surface area contributed by atoms with Gasteiger partial charge in [0, 0.05) is 0 Å². The van der Waals surface area contributed by atoms with Crippen LogP contribution in [0.4, 0.5) is 0 Å². The minimum atomic E-state index is -4.29. The van der Waals surface area contributed by atoms with Gasteiger partial charge in [0.1, 0.15) is 0 Å². The molecule has 5 nitrogen and oxygen atoms in total. The molecule has 0 aliphatic rings. The van der Waals surface area contributed by atoms with Gasteiger partial charge in [-0.2, -0.15) is 4.67 Å². The van der Waals surface area contributed by atoms with Gasteiger partial charge in [0.15, 0.2) is 0 Å². The zero-order chi connectivity index (χ0) is 16.5. The normalized spacial score (nSPS) is 13.5. The second kappa shape index (κ2) is 20.0. The number of unbranched alkanes of at least 4 members (excludes halogenated alkanes) is 10. The summed E-state index contributed by atoms with van der Waals surface area (Å²) in [5, 5.41) is 0. The fraction of sp³-hybridized carbons (Fsp3) is 1.00. The molecule has 0 radical (unpaired) electrons. The maximum atomic E-state index is 11.4. The van der Waals surface area contributed by atoms with E-state index in [0.717, 1.165) is 38.5 Å². The van der Waals surface area contributed by atoms with Gasteiger partial charge in [-0.3, -0.25) is 4.57 Å². The molecule has 23 heavy (non-hydrogen) atoms. The van der Waals surface area contributed by atoms with Crippen LogP contribution in [0.2, 0.25) is 0 Å². The summed E-state index contributed by atoms with van der Waals surface area (Å²) in [4.78, 5) is 16.1. The molecule has 0 rings (SSSR count). The second-order valence-electron chi connectivity index (χ2n) is 5.71. The molecule has 0 aromatic rings. The van der Waals surface area contributed by atoms with Crippen LogP contribution >= 0.6 is 7.82 Å². The first kappa shape index (κ1) is 26.9. The molecule has 0 spiro atoms. The number of phosphoric acid groups is 1. The van der Waals surface area contributed by atoms with Crippen molar-refractivity contribution in [3.8, 4) is 0 Å². The molecule has 0 fully saturated rings. The first-order chi connectivity index (χ1) is 10.6. The molecule has 0 aromatic carbocycles. The Morgan fingerprint density at radius 3 is 1.70 bits per heavy atom. The van der Waals surface area contributed by atoms with E-state index in [2.05, 4.69) is 18.5 Å². The van der Waals surface area contributed by atoms with E-state index in [-0.39, 0.29) is 58.0 Å². The van der Waals surface area contributed by atoms with Crippen molar-refractivity contribution in [3.05, 3.63) is 0 Å². The molecular weight excluding hydrogens is 342 g/mol. The fourth-order valence-electron chi connectivity index (χ4n) is 2.12. The summed E-state index contributed by atoms with van der Waals surface area (Å²) in [6.45, 7) is 4.80. The Morgan fingerprint density at radius 2 is 1.17 bits per heavy atom. The standard InChI is InChI=1S/C16H35O5P.K/c1-3-5-7-9-11-13-15-19-21-22(17,18)20-16-14-12-10-8-6-4-2;/h3-16H2,1-2H3,(H,17,18);/q;+1/p-1. The molecule has 0 aromatic heterocycles. The summed E-state index contributed by atoms with van der Waals surface area (Å²) < 4.78 is 20.5. The van der Waals surface area contributed by atoms with Crippen molar-refractivity contribution in [2.24, 2.45) is 0 Å². The van der Waals surface area contributed by atoms with Crippen molar-refractivity contribution in [1.29, 1.82) is 0 Å². The van der Waals surface area contributed by atoms with E-state index < -0.39 is 7.82 Å². The van der Waals surface area contributed by atoms with Gasteiger partial charge in [0.25, 0.3) is 7.82 Å². The Kier molecular flexibility index (Phi) is 23.4. The van der Waals surface area contributed by atoms with Crippen molar-refractivity contribution in [1.82, 2.24) is 0 Å². The van der Waals surface area contributed by atoms with E-state index in [1.54, 1.807) is 0 Å². The van der Waals surface area contributed by atoms with Crippen LogP contribution in [0, 0.1) is 0 Å². The Labute approximate surface area is 185 Å². The predicted molar refractivity (Wildman–Crippen MR) is 87.3 cm³/mol. The first-order valence-corrected chi connectivity index (χ1v) is 10.3. The quantitative estimate of drug-likeness (QED) is 0.128. The Balaban J connectivity index is 0. The number of hydrogen-bond acceptors (Lipinski definition) is 5. The monoisotopic (exact) mass is 376 g/mol. The van der Waals surface area contributed by atoms with Gasteiger partial charge in [-0.25, -0.2) is 4.89 Å². The third-order valence-corrected chi connectivity index (χ3v) is 4.26. The van der Waals surface area contributed by atoms with Crippen LogP contribution in [0.3, 0.4) is 0 Å². The molecule has 0 aliphatic carbocycles. The van der Waals surface area contributed by atoms with Crippen molar-refractivity contribution in [2.75, 3.05) is 13.2 Å². The molecule has 0 heterocycles. The van der Waals surface area contributed by atoms with Crippen LogP contribution in [-0.2, 0) is 18.7 Å². The third-order valence-electron chi connectivity index (χ3n) is 3.47. The average Bonchev–Trinajstić information content (AvgIpc) is 2.49. The molecule has 0 amide bonds. The summed E-state index contributed by atoms with van der Waals surface area (Å²) >= 11 is 0. The Morgan fingerprint density at radius 1 is 0.739 bits per heavy atom. The van der Waals surface area contributed by atoms with Crippen LogP contribution in [0.1, 0.15) is 90.9 Å². The molecule has 0 saturated carbocycles. The minimum absolute atomic E-state index is 0.